The molecule has 0 aliphatic heterocycles. The summed E-state index contributed by atoms with van der Waals surface area (Å²) in [5.41, 5.74) is -0.659. The highest BCUT2D eigenvalue weighted by molar-refractivity contribution is 5.73. The fourth-order valence-electron chi connectivity index (χ4n) is 0.681. The van der Waals surface area contributed by atoms with Crippen molar-refractivity contribution in [1.82, 2.24) is 0 Å². The molecule has 0 saturated carbocycles. The van der Waals surface area contributed by atoms with Crippen molar-refractivity contribution in [2.45, 2.75) is 33.6 Å². The van der Waals surface area contributed by atoms with Crippen LogP contribution in [0.2, 0.25) is 0 Å². The largest absolute Gasteiger partial charge is 0.481 e. The molecule has 0 radical (unpaired) electrons. The van der Waals surface area contributed by atoms with Crippen LogP contribution in [-0.2, 0) is 9.53 Å². The molecule has 1 N–H and O–H groups in total. The Hall–Kier alpha value is -0.570. The van der Waals surface area contributed by atoms with Crippen LogP contribution in [0.5, 0.6) is 0 Å². The minimum atomic E-state index is -0.761. The van der Waals surface area contributed by atoms with E-state index in [0.29, 0.717) is 13.0 Å². The van der Waals surface area contributed by atoms with Crippen molar-refractivity contribution in [2.24, 2.45) is 5.41 Å². The van der Waals surface area contributed by atoms with Crippen LogP contribution in [0.15, 0.2) is 0 Å². The molecule has 0 heterocycles. The lowest BCUT2D eigenvalue weighted by atomic mass is 9.90. The minimum absolute atomic E-state index is 0.535. The van der Waals surface area contributed by atoms with E-state index in [4.69, 9.17) is 9.84 Å². The van der Waals surface area contributed by atoms with Gasteiger partial charge in [0.25, 0.3) is 0 Å². The first-order chi connectivity index (χ1) is 5.50. The molecule has 0 aliphatic rings. The quantitative estimate of drug-likeness (QED) is 0.626. The van der Waals surface area contributed by atoms with Gasteiger partial charge in [-0.15, -0.1) is 0 Å². The van der Waals surface area contributed by atoms with Crippen molar-refractivity contribution < 1.29 is 14.6 Å². The SMILES string of the molecule is CCCOCCC(C)(C)C(=O)O. The van der Waals surface area contributed by atoms with E-state index in [0.717, 1.165) is 13.0 Å². The molecule has 72 valence electrons. The van der Waals surface area contributed by atoms with Gasteiger partial charge in [0.1, 0.15) is 0 Å². The van der Waals surface area contributed by atoms with Gasteiger partial charge < -0.3 is 9.84 Å². The summed E-state index contributed by atoms with van der Waals surface area (Å²) < 4.78 is 5.21. The van der Waals surface area contributed by atoms with E-state index in [9.17, 15) is 4.79 Å². The number of ether oxygens (including phenoxy) is 1. The van der Waals surface area contributed by atoms with Gasteiger partial charge in [-0.2, -0.15) is 0 Å². The highest BCUT2D eigenvalue weighted by Gasteiger charge is 2.26. The van der Waals surface area contributed by atoms with E-state index in [1.165, 1.54) is 0 Å². The van der Waals surface area contributed by atoms with Crippen molar-refractivity contribution in [3.63, 3.8) is 0 Å². The summed E-state index contributed by atoms with van der Waals surface area (Å²) in [6.07, 6.45) is 1.55. The topological polar surface area (TPSA) is 46.5 Å². The molecular formula is C9H18O3. The first-order valence-electron chi connectivity index (χ1n) is 4.32. The molecule has 0 rings (SSSR count). The van der Waals surface area contributed by atoms with Gasteiger partial charge >= 0.3 is 5.97 Å². The van der Waals surface area contributed by atoms with E-state index in [2.05, 4.69) is 0 Å². The molecule has 0 amide bonds. The Morgan fingerprint density at radius 3 is 2.42 bits per heavy atom. The van der Waals surface area contributed by atoms with E-state index < -0.39 is 11.4 Å². The number of carbonyl (C=O) groups is 1. The van der Waals surface area contributed by atoms with E-state index in [-0.39, 0.29) is 0 Å². The summed E-state index contributed by atoms with van der Waals surface area (Å²) in [5.74, 6) is -0.761. The third-order valence-corrected chi connectivity index (χ3v) is 1.80. The monoisotopic (exact) mass is 174 g/mol. The Kier molecular flexibility index (Phi) is 4.90. The third-order valence-electron chi connectivity index (χ3n) is 1.80. The van der Waals surface area contributed by atoms with Gasteiger partial charge in [-0.05, 0) is 26.7 Å². The lowest BCUT2D eigenvalue weighted by molar-refractivity contribution is -0.148. The van der Waals surface area contributed by atoms with Crippen LogP contribution in [0.1, 0.15) is 33.6 Å². The van der Waals surface area contributed by atoms with Gasteiger partial charge in [0.2, 0.25) is 0 Å². The summed E-state index contributed by atoms with van der Waals surface area (Å²) in [5, 5.41) is 8.74. The molecule has 3 heteroatoms. The Balaban J connectivity index is 3.54. The molecule has 0 aliphatic carbocycles. The van der Waals surface area contributed by atoms with Crippen LogP contribution in [0.3, 0.4) is 0 Å². The number of rotatable bonds is 6. The lowest BCUT2D eigenvalue weighted by Crippen LogP contribution is -2.25. The normalized spacial score (nSPS) is 11.6. The van der Waals surface area contributed by atoms with E-state index in [1.807, 2.05) is 6.92 Å². The van der Waals surface area contributed by atoms with Gasteiger partial charge in [-0.3, -0.25) is 4.79 Å². The second-order valence-electron chi connectivity index (χ2n) is 3.55. The van der Waals surface area contributed by atoms with Gasteiger partial charge in [0.05, 0.1) is 5.41 Å². The van der Waals surface area contributed by atoms with Crippen molar-refractivity contribution in [3.05, 3.63) is 0 Å². The maximum absolute atomic E-state index is 10.6. The van der Waals surface area contributed by atoms with Crippen LogP contribution < -0.4 is 0 Å². The highest BCUT2D eigenvalue weighted by Crippen LogP contribution is 2.19. The second kappa shape index (κ2) is 5.14. The van der Waals surface area contributed by atoms with Gasteiger partial charge in [0.15, 0.2) is 0 Å². The molecule has 0 fully saturated rings. The second-order valence-corrected chi connectivity index (χ2v) is 3.55. The number of hydrogen-bond donors (Lipinski definition) is 1. The molecule has 0 saturated heterocycles. The number of aliphatic carboxylic acids is 1. The Morgan fingerprint density at radius 2 is 2.00 bits per heavy atom. The zero-order valence-electron chi connectivity index (χ0n) is 8.09. The average molecular weight is 174 g/mol. The Morgan fingerprint density at radius 1 is 1.42 bits per heavy atom. The first kappa shape index (κ1) is 11.4. The molecule has 12 heavy (non-hydrogen) atoms. The summed E-state index contributed by atoms with van der Waals surface area (Å²) in [6, 6.07) is 0. The predicted molar refractivity (Wildman–Crippen MR) is 47.1 cm³/mol. The fourth-order valence-corrected chi connectivity index (χ4v) is 0.681. The third kappa shape index (κ3) is 4.34. The van der Waals surface area contributed by atoms with Crippen molar-refractivity contribution in [3.8, 4) is 0 Å². The Bertz CT molecular complexity index is 141. The van der Waals surface area contributed by atoms with Crippen LogP contribution in [-0.4, -0.2) is 24.3 Å². The number of hydrogen-bond acceptors (Lipinski definition) is 2. The Labute approximate surface area is 73.7 Å². The summed E-state index contributed by atoms with van der Waals surface area (Å²) >= 11 is 0. The molecule has 0 unspecified atom stereocenters. The lowest BCUT2D eigenvalue weighted by Gasteiger charge is -2.18. The van der Waals surface area contributed by atoms with Crippen LogP contribution in [0.4, 0.5) is 0 Å². The maximum Gasteiger partial charge on any atom is 0.309 e. The van der Waals surface area contributed by atoms with Gasteiger partial charge in [-0.25, -0.2) is 0 Å². The molecule has 0 spiro atoms. The van der Waals surface area contributed by atoms with Crippen LogP contribution in [0, 0.1) is 5.41 Å². The van der Waals surface area contributed by atoms with Crippen molar-refractivity contribution in [2.75, 3.05) is 13.2 Å². The summed E-state index contributed by atoms with van der Waals surface area (Å²) in [4.78, 5) is 10.6. The zero-order valence-corrected chi connectivity index (χ0v) is 8.09. The first-order valence-corrected chi connectivity index (χ1v) is 4.32. The van der Waals surface area contributed by atoms with E-state index in [1.54, 1.807) is 13.8 Å². The average Bonchev–Trinajstić information content (AvgIpc) is 1.98. The smallest absolute Gasteiger partial charge is 0.309 e. The fraction of sp³-hybridized carbons (Fsp3) is 0.889. The summed E-state index contributed by atoms with van der Waals surface area (Å²) in [6.45, 7) is 6.71. The predicted octanol–water partition coefficient (Wildman–Crippen LogP) is 1.91. The summed E-state index contributed by atoms with van der Waals surface area (Å²) in [7, 11) is 0. The highest BCUT2D eigenvalue weighted by atomic mass is 16.5. The molecule has 3 nitrogen and oxygen atoms in total. The maximum atomic E-state index is 10.6. The van der Waals surface area contributed by atoms with Crippen molar-refractivity contribution in [1.29, 1.82) is 0 Å². The molecular weight excluding hydrogens is 156 g/mol. The molecule has 0 bridgehead atoms. The molecule has 0 aromatic rings. The molecule has 0 aromatic heterocycles. The van der Waals surface area contributed by atoms with Gasteiger partial charge in [-0.1, -0.05) is 6.92 Å². The number of carboxylic acid groups (broad SMARTS) is 1. The van der Waals surface area contributed by atoms with Crippen LogP contribution >= 0.6 is 0 Å². The molecule has 0 atom stereocenters. The zero-order chi connectivity index (χ0) is 9.61. The number of carboxylic acids is 1. The minimum Gasteiger partial charge on any atom is -0.481 e. The van der Waals surface area contributed by atoms with E-state index >= 15 is 0 Å². The van der Waals surface area contributed by atoms with Gasteiger partial charge in [0, 0.05) is 13.2 Å². The molecule has 0 aromatic carbocycles. The van der Waals surface area contributed by atoms with Crippen LogP contribution in [0.25, 0.3) is 0 Å². The van der Waals surface area contributed by atoms with Crippen molar-refractivity contribution >= 4 is 5.97 Å². The standard InChI is InChI=1S/C9H18O3/c1-4-6-12-7-5-9(2,3)8(10)11/h4-7H2,1-3H3,(H,10,11).